The van der Waals surface area contributed by atoms with Crippen molar-refractivity contribution in [1.29, 1.82) is 0 Å². The van der Waals surface area contributed by atoms with E-state index in [2.05, 4.69) is 4.98 Å². The first kappa shape index (κ1) is 17.0. The quantitative estimate of drug-likeness (QED) is 0.307. The predicted octanol–water partition coefficient (Wildman–Crippen LogP) is -1.88. The molecule has 0 bridgehead atoms. The number of pyridine rings is 1. The summed E-state index contributed by atoms with van der Waals surface area (Å²) in [5, 5.41) is 12.1. The van der Waals surface area contributed by atoms with E-state index in [4.69, 9.17) is 0 Å². The number of amides is 1. The van der Waals surface area contributed by atoms with E-state index in [-0.39, 0.29) is 47.2 Å². The Balaban J connectivity index is 0.00000168. The van der Waals surface area contributed by atoms with Crippen LogP contribution in [0.5, 0.6) is 0 Å². The fourth-order valence-electron chi connectivity index (χ4n) is 3.63. The molecule has 0 N–H and O–H groups in total. The van der Waals surface area contributed by atoms with Crippen LogP contribution in [0.3, 0.4) is 0 Å². The molecule has 4 heterocycles. The molecule has 5 rings (SSSR count). The number of hydrogen-bond acceptors (Lipinski definition) is 4. The van der Waals surface area contributed by atoms with Gasteiger partial charge in [0, 0.05) is 11.8 Å². The molecule has 1 unspecified atom stereocenters. The van der Waals surface area contributed by atoms with E-state index < -0.39 is 5.97 Å². The predicted molar refractivity (Wildman–Crippen MR) is 89.0 cm³/mol. The van der Waals surface area contributed by atoms with Gasteiger partial charge in [-0.25, -0.2) is 4.98 Å². The maximum absolute atomic E-state index is 12.3. The summed E-state index contributed by atoms with van der Waals surface area (Å²) in [4.78, 5) is 29.2. The van der Waals surface area contributed by atoms with Gasteiger partial charge < -0.3 is 9.90 Å². The number of β-lactam (4-membered cyclic amide) rings is 1. The van der Waals surface area contributed by atoms with Crippen LogP contribution in [0.1, 0.15) is 12.1 Å². The molecule has 122 valence electrons. The second kappa shape index (κ2) is 6.09. The van der Waals surface area contributed by atoms with Crippen molar-refractivity contribution in [2.45, 2.75) is 12.5 Å². The van der Waals surface area contributed by atoms with Gasteiger partial charge in [0.15, 0.2) is 0 Å². The van der Waals surface area contributed by atoms with E-state index >= 15 is 0 Å². The number of carbonyl (C=O) groups excluding carboxylic acids is 2. The van der Waals surface area contributed by atoms with Crippen LogP contribution in [0.2, 0.25) is 0 Å². The van der Waals surface area contributed by atoms with Gasteiger partial charge in [-0.2, -0.15) is 0 Å². The van der Waals surface area contributed by atoms with E-state index in [0.29, 0.717) is 17.7 Å². The van der Waals surface area contributed by atoms with Gasteiger partial charge in [-0.3, -0.25) is 14.1 Å². The normalized spacial score (nSPS) is 20.1. The topological polar surface area (TPSA) is 77.7 Å². The van der Waals surface area contributed by atoms with Crippen molar-refractivity contribution in [2.75, 3.05) is 0 Å². The van der Waals surface area contributed by atoms with Gasteiger partial charge in [0.2, 0.25) is 0 Å². The summed E-state index contributed by atoms with van der Waals surface area (Å²) >= 11 is 0. The Morgan fingerprint density at radius 2 is 2.04 bits per heavy atom. The number of carbonyl (C=O) groups is 2. The molecular weight excluding hydrogens is 341 g/mol. The summed E-state index contributed by atoms with van der Waals surface area (Å²) in [6.07, 6.45) is 5.67. The Hall–Kier alpha value is -2.41. The van der Waals surface area contributed by atoms with Crippen molar-refractivity contribution >= 4 is 34.5 Å². The molecule has 1 amide bonds. The largest absolute Gasteiger partial charge is 1.00 e. The van der Waals surface area contributed by atoms with Crippen LogP contribution in [0, 0.1) is 0 Å². The number of carboxylic acids is 1. The van der Waals surface area contributed by atoms with Crippen LogP contribution in [0.25, 0.3) is 22.6 Å². The molecule has 0 radical (unpaired) electrons. The van der Waals surface area contributed by atoms with Crippen molar-refractivity contribution in [3.63, 3.8) is 0 Å². The summed E-state index contributed by atoms with van der Waals surface area (Å²) in [6, 6.07) is 11.7. The minimum Gasteiger partial charge on any atom is -0.543 e. The van der Waals surface area contributed by atoms with E-state index in [1.165, 1.54) is 11.0 Å². The van der Waals surface area contributed by atoms with Crippen molar-refractivity contribution in [3.8, 4) is 0 Å². The monoisotopic (exact) mass is 353 g/mol. The molecule has 2 aromatic heterocycles. The molecule has 1 saturated heterocycles. The van der Waals surface area contributed by atoms with Gasteiger partial charge in [-0.1, -0.05) is 24.3 Å². The third-order valence-corrected chi connectivity index (χ3v) is 4.80. The Kier molecular flexibility index (Phi) is 3.99. The number of benzene rings is 1. The number of rotatable bonds is 2. The zero-order valence-electron chi connectivity index (χ0n) is 14.0. The maximum atomic E-state index is 12.3. The molecule has 0 saturated carbocycles. The molecule has 2 aliphatic heterocycles. The Morgan fingerprint density at radius 1 is 1.23 bits per heavy atom. The van der Waals surface area contributed by atoms with Crippen LogP contribution in [0.4, 0.5) is 0 Å². The van der Waals surface area contributed by atoms with Crippen LogP contribution in [0.15, 0.2) is 59.9 Å². The number of hydrogen-bond donors (Lipinski definition) is 0. The molecular formula is C19H12N3NaO3. The van der Waals surface area contributed by atoms with Crippen molar-refractivity contribution < 1.29 is 44.3 Å². The smallest absolute Gasteiger partial charge is 0.543 e. The summed E-state index contributed by atoms with van der Waals surface area (Å²) in [5.74, 6) is -1.60. The number of aromatic nitrogens is 2. The number of fused-ring (bicyclic) bond motifs is 4. The summed E-state index contributed by atoms with van der Waals surface area (Å²) in [5.41, 5.74) is 3.07. The Labute approximate surface area is 170 Å². The molecule has 0 aliphatic carbocycles. The summed E-state index contributed by atoms with van der Waals surface area (Å²) in [6.45, 7) is 0. The van der Waals surface area contributed by atoms with Crippen molar-refractivity contribution in [1.82, 2.24) is 14.3 Å². The second-order valence-corrected chi connectivity index (χ2v) is 6.19. The molecule has 2 aliphatic rings. The van der Waals surface area contributed by atoms with Crippen LogP contribution < -0.4 is 34.7 Å². The van der Waals surface area contributed by atoms with E-state index in [9.17, 15) is 14.7 Å². The second-order valence-electron chi connectivity index (χ2n) is 6.19. The number of aliphatic carboxylic acids is 1. The minimum absolute atomic E-state index is 0. The number of nitrogens with zero attached hydrogens (tertiary/aromatic N) is 3. The Morgan fingerprint density at radius 3 is 2.85 bits per heavy atom. The summed E-state index contributed by atoms with van der Waals surface area (Å²) < 4.78 is 1.99. The zero-order chi connectivity index (χ0) is 17.1. The number of carboxylic acid groups (broad SMARTS) is 1. The van der Waals surface area contributed by atoms with Crippen molar-refractivity contribution in [2.24, 2.45) is 0 Å². The van der Waals surface area contributed by atoms with E-state index in [1.54, 1.807) is 6.08 Å². The molecule has 1 aromatic carbocycles. The SMILES string of the molecule is O=C([O-])C1=CCC2/C(=C\c3cn4c(ccc5ccccc54)n3)C(=O)N12.[Na+]. The third kappa shape index (κ3) is 2.34. The zero-order valence-corrected chi connectivity index (χ0v) is 16.0. The molecule has 1 atom stereocenters. The van der Waals surface area contributed by atoms with Gasteiger partial charge in [-0.15, -0.1) is 0 Å². The summed E-state index contributed by atoms with van der Waals surface area (Å²) in [7, 11) is 0. The first-order valence-electron chi connectivity index (χ1n) is 7.97. The molecule has 7 heteroatoms. The van der Waals surface area contributed by atoms with Gasteiger partial charge >= 0.3 is 29.6 Å². The number of imidazole rings is 1. The minimum atomic E-state index is -1.31. The van der Waals surface area contributed by atoms with E-state index in [1.807, 2.05) is 47.0 Å². The number of para-hydroxylation sites is 1. The standard InChI is InChI=1S/C19H13N3O3.Na/c23-18-13(15-6-7-16(19(24)25)22(15)18)9-12-10-21-14-4-2-1-3-11(14)5-8-17(21)20-12;/h1-5,7-10,15H,6H2,(H,24,25);/q;+1/p-1/b13-9+;. The molecule has 0 spiro atoms. The molecule has 6 nitrogen and oxygen atoms in total. The van der Waals surface area contributed by atoms with Crippen LogP contribution in [-0.2, 0) is 9.59 Å². The van der Waals surface area contributed by atoms with Gasteiger partial charge in [-0.05, 0) is 36.1 Å². The van der Waals surface area contributed by atoms with Crippen LogP contribution in [-0.4, -0.2) is 32.2 Å². The van der Waals surface area contributed by atoms with Gasteiger partial charge in [0.1, 0.15) is 5.65 Å². The third-order valence-electron chi connectivity index (χ3n) is 4.80. The van der Waals surface area contributed by atoms with Gasteiger partial charge in [0.05, 0.1) is 28.9 Å². The van der Waals surface area contributed by atoms with Crippen molar-refractivity contribution in [3.05, 3.63) is 65.6 Å². The molecule has 3 aromatic rings. The van der Waals surface area contributed by atoms with E-state index in [0.717, 1.165) is 16.6 Å². The van der Waals surface area contributed by atoms with Gasteiger partial charge in [0.25, 0.3) is 5.91 Å². The molecule has 1 fully saturated rings. The maximum Gasteiger partial charge on any atom is 1.00 e. The average Bonchev–Trinajstić information content (AvgIpc) is 3.21. The first-order chi connectivity index (χ1) is 12.1. The average molecular weight is 353 g/mol. The first-order valence-corrected chi connectivity index (χ1v) is 7.97. The fraction of sp³-hybridized carbons (Fsp3) is 0.105. The molecule has 26 heavy (non-hydrogen) atoms. The van der Waals surface area contributed by atoms with Crippen LogP contribution >= 0.6 is 0 Å². The fourth-order valence-corrected chi connectivity index (χ4v) is 3.63. The Bertz CT molecular complexity index is 1150.